The number of alkyl halides is 3. The number of carboxylic acids is 1. The van der Waals surface area contributed by atoms with E-state index in [0.717, 1.165) is 29.2 Å². The van der Waals surface area contributed by atoms with E-state index in [0.29, 0.717) is 35.7 Å². The van der Waals surface area contributed by atoms with Gasteiger partial charge in [-0.25, -0.2) is 9.78 Å². The lowest BCUT2D eigenvalue weighted by molar-refractivity contribution is -0.274. The van der Waals surface area contributed by atoms with Crippen molar-refractivity contribution in [3.8, 4) is 17.1 Å². The number of halogens is 3. The first kappa shape index (κ1) is 24.6. The molecule has 6 nitrogen and oxygen atoms in total. The summed E-state index contributed by atoms with van der Waals surface area (Å²) in [5.74, 6) is 0.665. The Labute approximate surface area is 203 Å². The Bertz CT molecular complexity index is 1090. The van der Waals surface area contributed by atoms with Gasteiger partial charge in [0.15, 0.2) is 5.82 Å². The van der Waals surface area contributed by atoms with E-state index in [9.17, 15) is 23.1 Å². The number of nitrogens with zero attached hydrogens (tertiary/aromatic N) is 2. The van der Waals surface area contributed by atoms with Crippen molar-refractivity contribution in [2.24, 2.45) is 5.92 Å². The largest absolute Gasteiger partial charge is 0.573 e. The van der Waals surface area contributed by atoms with Crippen LogP contribution in [0.4, 0.5) is 13.2 Å². The Balaban J connectivity index is 1.35. The fourth-order valence-electron chi connectivity index (χ4n) is 3.97. The number of allylic oxidation sites excluding steroid dienone is 4. The summed E-state index contributed by atoms with van der Waals surface area (Å²) in [6, 6.07) is 5.45. The van der Waals surface area contributed by atoms with Crippen molar-refractivity contribution in [3.05, 3.63) is 52.1 Å². The maximum atomic E-state index is 12.3. The predicted molar refractivity (Wildman–Crippen MR) is 123 cm³/mol. The van der Waals surface area contributed by atoms with Crippen molar-refractivity contribution in [1.29, 1.82) is 0 Å². The molecule has 0 amide bonds. The molecule has 1 N–H and O–H groups in total. The highest BCUT2D eigenvalue weighted by Gasteiger charge is 2.45. The molecule has 1 unspecified atom stereocenters. The number of aliphatic carboxylic acids is 1. The molecule has 11 heteroatoms. The van der Waals surface area contributed by atoms with Gasteiger partial charge in [-0.2, -0.15) is 4.37 Å². The number of hydrogen-bond donors (Lipinski definition) is 1. The van der Waals surface area contributed by atoms with Crippen LogP contribution in [0.25, 0.3) is 11.4 Å². The minimum absolute atomic E-state index is 0.0757. The summed E-state index contributed by atoms with van der Waals surface area (Å²) in [6.45, 7) is 2.03. The number of aromatic nitrogens is 2. The van der Waals surface area contributed by atoms with Crippen molar-refractivity contribution in [2.45, 2.75) is 56.7 Å². The molecule has 0 aliphatic heterocycles. The van der Waals surface area contributed by atoms with Gasteiger partial charge < -0.3 is 14.6 Å². The van der Waals surface area contributed by atoms with Gasteiger partial charge in [0, 0.05) is 11.5 Å². The highest BCUT2D eigenvalue weighted by Crippen LogP contribution is 2.40. The fourth-order valence-corrected chi connectivity index (χ4v) is 5.73. The number of ether oxygens (including phenoxy) is 2. The highest BCUT2D eigenvalue weighted by atomic mass is 32.2. The monoisotopic (exact) mass is 512 g/mol. The van der Waals surface area contributed by atoms with E-state index in [4.69, 9.17) is 4.74 Å². The zero-order chi connectivity index (χ0) is 24.3. The van der Waals surface area contributed by atoms with Crippen molar-refractivity contribution >= 4 is 29.3 Å². The zero-order valence-corrected chi connectivity index (χ0v) is 19.9. The maximum absolute atomic E-state index is 12.3. The van der Waals surface area contributed by atoms with E-state index < -0.39 is 17.9 Å². The topological polar surface area (TPSA) is 81.5 Å². The van der Waals surface area contributed by atoms with Crippen LogP contribution in [0.3, 0.4) is 0 Å². The summed E-state index contributed by atoms with van der Waals surface area (Å²) in [5.41, 5.74) is -0.491. The van der Waals surface area contributed by atoms with E-state index in [1.807, 2.05) is 19.1 Å². The molecule has 2 aliphatic rings. The van der Waals surface area contributed by atoms with Crippen LogP contribution >= 0.6 is 23.3 Å². The molecule has 0 spiro atoms. The Morgan fingerprint density at radius 2 is 1.94 bits per heavy atom. The van der Waals surface area contributed by atoms with Crippen molar-refractivity contribution < 1.29 is 32.5 Å². The van der Waals surface area contributed by atoms with Crippen LogP contribution in [0, 0.1) is 5.92 Å². The van der Waals surface area contributed by atoms with Gasteiger partial charge in [-0.1, -0.05) is 6.92 Å². The van der Waals surface area contributed by atoms with Gasteiger partial charge in [-0.15, -0.1) is 24.9 Å². The SMILES string of the molecule is CC1CC(SCc2nc(-c3ccc(OC(F)(F)F)cc3)ns2)=CC=C1OC1(C(=O)O)CCCC1. The normalized spacial score (nSPS) is 19.9. The molecule has 182 valence electrons. The number of hydrogen-bond acceptors (Lipinski definition) is 7. The molecule has 1 aromatic carbocycles. The Morgan fingerprint density at radius 3 is 2.56 bits per heavy atom. The number of thioether (sulfide) groups is 1. The third kappa shape index (κ3) is 5.93. The van der Waals surface area contributed by atoms with Crippen LogP contribution in [0.2, 0.25) is 0 Å². The van der Waals surface area contributed by atoms with E-state index in [-0.39, 0.29) is 11.7 Å². The summed E-state index contributed by atoms with van der Waals surface area (Å²) in [6.07, 6.45) is 2.65. The van der Waals surface area contributed by atoms with Crippen LogP contribution in [0.1, 0.15) is 44.0 Å². The quantitative estimate of drug-likeness (QED) is 0.429. The lowest BCUT2D eigenvalue weighted by atomic mass is 9.97. The third-order valence-corrected chi connectivity index (χ3v) is 7.72. The van der Waals surface area contributed by atoms with Gasteiger partial charge in [-0.3, -0.25) is 0 Å². The lowest BCUT2D eigenvalue weighted by Crippen LogP contribution is -2.39. The Morgan fingerprint density at radius 1 is 1.24 bits per heavy atom. The molecule has 1 aromatic heterocycles. The average molecular weight is 513 g/mol. The maximum Gasteiger partial charge on any atom is 0.573 e. The van der Waals surface area contributed by atoms with Crippen LogP contribution in [0.15, 0.2) is 47.1 Å². The van der Waals surface area contributed by atoms with Crippen LogP contribution in [-0.4, -0.2) is 32.4 Å². The summed E-state index contributed by atoms with van der Waals surface area (Å²) in [7, 11) is 0. The number of benzene rings is 1. The highest BCUT2D eigenvalue weighted by molar-refractivity contribution is 8.02. The first-order chi connectivity index (χ1) is 16.1. The molecule has 2 aliphatic carbocycles. The van der Waals surface area contributed by atoms with Crippen molar-refractivity contribution in [2.75, 3.05) is 0 Å². The number of carboxylic acid groups (broad SMARTS) is 1. The molecule has 4 rings (SSSR count). The second kappa shape index (κ2) is 9.99. The van der Waals surface area contributed by atoms with Gasteiger partial charge in [-0.05, 0) is 85.0 Å². The standard InChI is InChI=1S/C23H23F3N2O4S2/c1-14-12-17(8-9-18(14)32-22(21(29)30)10-2-3-11-22)33-13-19-27-20(28-34-19)15-4-6-16(7-5-15)31-23(24,25)26/h4-9,14H,2-3,10-13H2,1H3,(H,29,30). The van der Waals surface area contributed by atoms with Gasteiger partial charge in [0.05, 0.1) is 5.75 Å². The van der Waals surface area contributed by atoms with Crippen LogP contribution in [0.5, 0.6) is 5.75 Å². The summed E-state index contributed by atoms with van der Waals surface area (Å²) >= 11 is 2.88. The first-order valence-electron chi connectivity index (χ1n) is 10.8. The molecule has 0 radical (unpaired) electrons. The van der Waals surface area contributed by atoms with Crippen LogP contribution in [-0.2, 0) is 15.3 Å². The molecule has 1 saturated carbocycles. The van der Waals surface area contributed by atoms with E-state index in [1.165, 1.54) is 35.8 Å². The lowest BCUT2D eigenvalue weighted by Gasteiger charge is -2.31. The van der Waals surface area contributed by atoms with Crippen LogP contribution < -0.4 is 4.74 Å². The minimum atomic E-state index is -4.73. The van der Waals surface area contributed by atoms with Gasteiger partial charge in [0.2, 0.25) is 5.60 Å². The summed E-state index contributed by atoms with van der Waals surface area (Å²) < 4.78 is 51.1. The van der Waals surface area contributed by atoms with E-state index in [1.54, 1.807) is 11.8 Å². The number of rotatable bonds is 8. The second-order valence-corrected chi connectivity index (χ2v) is 10.2. The van der Waals surface area contributed by atoms with E-state index in [2.05, 4.69) is 14.1 Å². The molecule has 0 saturated heterocycles. The zero-order valence-electron chi connectivity index (χ0n) is 18.3. The van der Waals surface area contributed by atoms with Gasteiger partial charge in [0.25, 0.3) is 0 Å². The molecule has 2 aromatic rings. The molecule has 1 fully saturated rings. The van der Waals surface area contributed by atoms with Gasteiger partial charge in [0.1, 0.15) is 16.5 Å². The number of carbonyl (C=O) groups is 1. The Hall–Kier alpha value is -2.53. The van der Waals surface area contributed by atoms with Crippen molar-refractivity contribution in [1.82, 2.24) is 9.36 Å². The molecule has 0 bridgehead atoms. The molecule has 1 heterocycles. The molecule has 1 atom stereocenters. The minimum Gasteiger partial charge on any atom is -0.480 e. The average Bonchev–Trinajstić information content (AvgIpc) is 3.44. The first-order valence-corrected chi connectivity index (χ1v) is 12.5. The summed E-state index contributed by atoms with van der Waals surface area (Å²) in [4.78, 5) is 17.4. The Kier molecular flexibility index (Phi) is 7.22. The second-order valence-electron chi connectivity index (χ2n) is 8.29. The summed E-state index contributed by atoms with van der Waals surface area (Å²) in [5, 5.41) is 10.4. The fraction of sp³-hybridized carbons (Fsp3) is 0.435. The van der Waals surface area contributed by atoms with Gasteiger partial charge >= 0.3 is 12.3 Å². The smallest absolute Gasteiger partial charge is 0.480 e. The molecule has 34 heavy (non-hydrogen) atoms. The third-order valence-electron chi connectivity index (χ3n) is 5.74. The molecular formula is C23H23F3N2O4S2. The van der Waals surface area contributed by atoms with Crippen molar-refractivity contribution in [3.63, 3.8) is 0 Å². The molecular weight excluding hydrogens is 489 g/mol. The van der Waals surface area contributed by atoms with E-state index >= 15 is 0 Å². The predicted octanol–water partition coefficient (Wildman–Crippen LogP) is 6.56.